The van der Waals surface area contributed by atoms with E-state index in [-0.39, 0.29) is 0 Å². The second kappa shape index (κ2) is 3.92. The lowest BCUT2D eigenvalue weighted by atomic mass is 10.4. The van der Waals surface area contributed by atoms with Gasteiger partial charge in [0.25, 0.3) is 0 Å². The Morgan fingerprint density at radius 3 is 3.18 bits per heavy atom. The van der Waals surface area contributed by atoms with Crippen LogP contribution in [0.4, 0.5) is 0 Å². The maximum absolute atomic E-state index is 8.19. The van der Waals surface area contributed by atoms with Gasteiger partial charge in [-0.3, -0.25) is 0 Å². The molecule has 0 unspecified atom stereocenters. The van der Waals surface area contributed by atoms with Crippen LogP contribution in [-0.2, 0) is 0 Å². The highest BCUT2D eigenvalue weighted by Gasteiger charge is 1.93. The number of thioether (sulfide) groups is 1. The summed E-state index contributed by atoms with van der Waals surface area (Å²) in [5, 5.41) is 11.7. The van der Waals surface area contributed by atoms with Crippen LogP contribution in [0.2, 0.25) is 0 Å². The minimum Gasteiger partial charge on any atom is -0.411 e. The fourth-order valence-corrected chi connectivity index (χ4v) is 0.946. The van der Waals surface area contributed by atoms with E-state index >= 15 is 0 Å². The normalized spacial score (nSPS) is 10.6. The van der Waals surface area contributed by atoms with Crippen molar-refractivity contribution in [1.29, 1.82) is 0 Å². The third kappa shape index (κ3) is 2.19. The molecule has 4 nitrogen and oxygen atoms in total. The molecule has 0 aliphatic heterocycles. The third-order valence-electron chi connectivity index (χ3n) is 1.03. The lowest BCUT2D eigenvalue weighted by molar-refractivity contribution is 0.321. The molecule has 1 aromatic rings. The highest BCUT2D eigenvalue weighted by Crippen LogP contribution is 2.05. The van der Waals surface area contributed by atoms with E-state index in [0.29, 0.717) is 10.9 Å². The van der Waals surface area contributed by atoms with Crippen LogP contribution in [0.25, 0.3) is 0 Å². The minimum atomic E-state index is 0.604. The van der Waals surface area contributed by atoms with Gasteiger partial charge in [0.1, 0.15) is 0 Å². The van der Waals surface area contributed by atoms with Gasteiger partial charge in [-0.2, -0.15) is 0 Å². The van der Waals surface area contributed by atoms with Crippen LogP contribution in [0.5, 0.6) is 0 Å². The summed E-state index contributed by atoms with van der Waals surface area (Å²) in [6.45, 7) is 0. The molecular formula is C6H7N3OS. The van der Waals surface area contributed by atoms with Crippen LogP contribution >= 0.6 is 11.8 Å². The molecule has 0 spiro atoms. The summed E-state index contributed by atoms with van der Waals surface area (Å²) in [6, 6.07) is 1.67. The molecule has 0 aliphatic carbocycles. The van der Waals surface area contributed by atoms with E-state index in [1.807, 2.05) is 6.26 Å². The molecule has 0 bridgehead atoms. The zero-order valence-electron chi connectivity index (χ0n) is 5.93. The van der Waals surface area contributed by atoms with E-state index in [4.69, 9.17) is 5.21 Å². The minimum absolute atomic E-state index is 0.604. The highest BCUT2D eigenvalue weighted by molar-refractivity contribution is 7.98. The van der Waals surface area contributed by atoms with Gasteiger partial charge >= 0.3 is 0 Å². The first-order valence-electron chi connectivity index (χ1n) is 2.91. The molecular weight excluding hydrogens is 162 g/mol. The van der Waals surface area contributed by atoms with Crippen LogP contribution in [0.3, 0.4) is 0 Å². The Balaban J connectivity index is 2.91. The monoisotopic (exact) mass is 169 g/mol. The van der Waals surface area contributed by atoms with E-state index in [1.165, 1.54) is 18.0 Å². The maximum atomic E-state index is 8.19. The van der Waals surface area contributed by atoms with E-state index in [2.05, 4.69) is 15.1 Å². The van der Waals surface area contributed by atoms with Crippen molar-refractivity contribution in [3.63, 3.8) is 0 Å². The van der Waals surface area contributed by atoms with Crippen molar-refractivity contribution < 1.29 is 5.21 Å². The molecule has 1 rings (SSSR count). The fourth-order valence-electron chi connectivity index (χ4n) is 0.583. The van der Waals surface area contributed by atoms with E-state index in [1.54, 1.807) is 12.3 Å². The van der Waals surface area contributed by atoms with Crippen LogP contribution < -0.4 is 0 Å². The van der Waals surface area contributed by atoms with Crippen LogP contribution in [0, 0.1) is 0 Å². The molecule has 0 saturated heterocycles. The molecule has 58 valence electrons. The Kier molecular flexibility index (Phi) is 2.85. The quantitative estimate of drug-likeness (QED) is 0.236. The molecule has 11 heavy (non-hydrogen) atoms. The lowest BCUT2D eigenvalue weighted by Gasteiger charge is -1.93. The number of rotatable bonds is 2. The summed E-state index contributed by atoms with van der Waals surface area (Å²) in [7, 11) is 0. The second-order valence-corrected chi connectivity index (χ2v) is 2.49. The number of nitrogens with zero attached hydrogens (tertiary/aromatic N) is 3. The largest absolute Gasteiger partial charge is 0.411 e. The van der Waals surface area contributed by atoms with Crippen molar-refractivity contribution >= 4 is 18.0 Å². The summed E-state index contributed by atoms with van der Waals surface area (Å²) in [5.41, 5.74) is 0.604. The second-order valence-electron chi connectivity index (χ2n) is 1.71. The number of oxime groups is 1. The van der Waals surface area contributed by atoms with Gasteiger partial charge in [-0.1, -0.05) is 16.9 Å². The van der Waals surface area contributed by atoms with Crippen molar-refractivity contribution in [1.82, 2.24) is 9.97 Å². The highest BCUT2D eigenvalue weighted by atomic mass is 32.2. The molecule has 0 saturated carbocycles. The van der Waals surface area contributed by atoms with Gasteiger partial charge in [-0.15, -0.1) is 0 Å². The summed E-state index contributed by atoms with van der Waals surface area (Å²) in [6.07, 6.45) is 4.77. The van der Waals surface area contributed by atoms with E-state index in [0.717, 1.165) is 0 Å². The number of hydrogen-bond acceptors (Lipinski definition) is 5. The average molecular weight is 169 g/mol. The number of hydrogen-bond donors (Lipinski definition) is 1. The van der Waals surface area contributed by atoms with Gasteiger partial charge in [0.2, 0.25) is 0 Å². The zero-order valence-corrected chi connectivity index (χ0v) is 6.75. The summed E-state index contributed by atoms with van der Waals surface area (Å²) in [4.78, 5) is 7.97. The third-order valence-corrected chi connectivity index (χ3v) is 1.59. The smallest absolute Gasteiger partial charge is 0.187 e. The van der Waals surface area contributed by atoms with Gasteiger partial charge in [0.05, 0.1) is 11.9 Å². The first kappa shape index (κ1) is 8.00. The average Bonchev–Trinajstić information content (AvgIpc) is 2.06. The van der Waals surface area contributed by atoms with Crippen molar-refractivity contribution in [3.8, 4) is 0 Å². The first-order chi connectivity index (χ1) is 5.36. The maximum Gasteiger partial charge on any atom is 0.187 e. The predicted octanol–water partition coefficient (Wildman–Crippen LogP) is 1.01. The standard InChI is InChI=1S/C6H7N3OS/c1-11-6-7-3-2-5(9-6)4-8-10/h2-4,10H,1H3. The fraction of sp³-hybridized carbons (Fsp3) is 0.167. The summed E-state index contributed by atoms with van der Waals surface area (Å²) in [5.74, 6) is 0. The molecule has 0 aromatic carbocycles. The van der Waals surface area contributed by atoms with Gasteiger partial charge in [-0.25, -0.2) is 9.97 Å². The Hall–Kier alpha value is -1.10. The molecule has 1 heterocycles. The molecule has 5 heteroatoms. The zero-order chi connectivity index (χ0) is 8.10. The summed E-state index contributed by atoms with van der Waals surface area (Å²) >= 11 is 1.44. The van der Waals surface area contributed by atoms with Crippen LogP contribution in [0.1, 0.15) is 5.69 Å². The molecule has 1 aromatic heterocycles. The van der Waals surface area contributed by atoms with Crippen molar-refractivity contribution in [2.75, 3.05) is 6.26 Å². The van der Waals surface area contributed by atoms with E-state index < -0.39 is 0 Å². The lowest BCUT2D eigenvalue weighted by Crippen LogP contribution is -1.91. The topological polar surface area (TPSA) is 58.4 Å². The Bertz CT molecular complexity index is 264. The molecule has 0 atom stereocenters. The van der Waals surface area contributed by atoms with Crippen molar-refractivity contribution in [2.45, 2.75) is 5.16 Å². The SMILES string of the molecule is CSc1nccc(C=NO)n1. The Morgan fingerprint density at radius 1 is 1.73 bits per heavy atom. The molecule has 0 aliphatic rings. The molecule has 0 radical (unpaired) electrons. The Morgan fingerprint density at radius 2 is 2.55 bits per heavy atom. The van der Waals surface area contributed by atoms with Crippen molar-refractivity contribution in [3.05, 3.63) is 18.0 Å². The molecule has 0 amide bonds. The van der Waals surface area contributed by atoms with Gasteiger partial charge in [-0.05, 0) is 12.3 Å². The predicted molar refractivity (Wildman–Crippen MR) is 43.2 cm³/mol. The van der Waals surface area contributed by atoms with Gasteiger partial charge in [0, 0.05) is 6.20 Å². The number of aromatic nitrogens is 2. The van der Waals surface area contributed by atoms with Crippen LogP contribution in [0.15, 0.2) is 22.6 Å². The Labute approximate surface area is 68.4 Å². The van der Waals surface area contributed by atoms with Crippen LogP contribution in [-0.4, -0.2) is 27.6 Å². The molecule has 1 N–H and O–H groups in total. The van der Waals surface area contributed by atoms with E-state index in [9.17, 15) is 0 Å². The first-order valence-corrected chi connectivity index (χ1v) is 4.14. The van der Waals surface area contributed by atoms with Gasteiger partial charge in [0.15, 0.2) is 5.16 Å². The summed E-state index contributed by atoms with van der Waals surface area (Å²) < 4.78 is 0. The van der Waals surface area contributed by atoms with Crippen molar-refractivity contribution in [2.24, 2.45) is 5.16 Å². The van der Waals surface area contributed by atoms with Gasteiger partial charge < -0.3 is 5.21 Å². The molecule has 0 fully saturated rings.